The average molecular weight is 591 g/mol. The molecule has 1 aliphatic carbocycles. The lowest BCUT2D eigenvalue weighted by atomic mass is 9.88. The number of aromatic nitrogens is 3. The Balaban J connectivity index is 1.58. The Labute approximate surface area is 247 Å². The second-order valence-corrected chi connectivity index (χ2v) is 13.2. The minimum Gasteiger partial charge on any atom is -0.386 e. The molecule has 0 saturated carbocycles. The molecule has 0 bridgehead atoms. The first-order chi connectivity index (χ1) is 19.9. The first kappa shape index (κ1) is 29.7. The smallest absolute Gasteiger partial charge is 0.264 e. The zero-order valence-electron chi connectivity index (χ0n) is 24.8. The Morgan fingerprint density at radius 3 is 2.50 bits per heavy atom. The zero-order valence-corrected chi connectivity index (χ0v) is 25.6. The Morgan fingerprint density at radius 2 is 1.81 bits per heavy atom. The van der Waals surface area contributed by atoms with Crippen LogP contribution in [0.2, 0.25) is 0 Å². The van der Waals surface area contributed by atoms with Gasteiger partial charge in [-0.2, -0.15) is 0 Å². The normalized spacial score (nSPS) is 14.1. The van der Waals surface area contributed by atoms with E-state index >= 15 is 0 Å². The summed E-state index contributed by atoms with van der Waals surface area (Å²) in [6.07, 6.45) is 4.80. The molecule has 0 saturated heterocycles. The van der Waals surface area contributed by atoms with Crippen LogP contribution in [0.3, 0.4) is 0 Å². The molecule has 1 aliphatic rings. The van der Waals surface area contributed by atoms with Crippen molar-refractivity contribution in [2.45, 2.75) is 90.2 Å². The monoisotopic (exact) mass is 590 g/mol. The summed E-state index contributed by atoms with van der Waals surface area (Å²) in [7, 11) is -4.06. The number of anilines is 1. The van der Waals surface area contributed by atoms with Gasteiger partial charge in [0.1, 0.15) is 11.5 Å². The van der Waals surface area contributed by atoms with Crippen molar-refractivity contribution in [1.82, 2.24) is 14.7 Å². The molecule has 0 fully saturated rings. The number of nitrogens with one attached hydrogen (secondary N) is 1. The average Bonchev–Trinajstić information content (AvgIpc) is 3.36. The summed E-state index contributed by atoms with van der Waals surface area (Å²) in [5.74, 6) is 1.09. The highest BCUT2D eigenvalue weighted by Gasteiger charge is 2.29. The molecular formula is C32H38N4O5S. The van der Waals surface area contributed by atoms with Gasteiger partial charge in [-0.15, -0.1) is 0 Å². The lowest BCUT2D eigenvalue weighted by molar-refractivity contribution is 0.0790. The highest BCUT2D eigenvalue weighted by Crippen LogP contribution is 2.37. The van der Waals surface area contributed by atoms with Crippen LogP contribution in [0.4, 0.5) is 5.88 Å². The number of ketones is 1. The van der Waals surface area contributed by atoms with Gasteiger partial charge in [-0.3, -0.25) is 4.79 Å². The Hall–Kier alpha value is -3.76. The predicted octanol–water partition coefficient (Wildman–Crippen LogP) is 6.09. The molecule has 2 aromatic heterocycles. The van der Waals surface area contributed by atoms with Crippen molar-refractivity contribution in [3.8, 4) is 11.1 Å². The lowest BCUT2D eigenvalue weighted by Gasteiger charge is -2.24. The molecule has 4 aromatic rings. The maximum Gasteiger partial charge on any atom is 0.264 e. The van der Waals surface area contributed by atoms with Gasteiger partial charge < -0.3 is 14.2 Å². The van der Waals surface area contributed by atoms with Crippen LogP contribution >= 0.6 is 0 Å². The first-order valence-electron chi connectivity index (χ1n) is 14.4. The van der Waals surface area contributed by atoms with Crippen LogP contribution in [0.25, 0.3) is 11.1 Å². The third-order valence-electron chi connectivity index (χ3n) is 7.86. The van der Waals surface area contributed by atoms with Crippen LogP contribution in [0, 0.1) is 13.8 Å². The molecule has 2 aromatic carbocycles. The zero-order chi connectivity index (χ0) is 30.2. The molecule has 10 heteroatoms. The van der Waals surface area contributed by atoms with E-state index in [1.165, 1.54) is 6.07 Å². The number of benzene rings is 2. The van der Waals surface area contributed by atoms with Gasteiger partial charge in [-0.05, 0) is 76.1 Å². The van der Waals surface area contributed by atoms with Gasteiger partial charge in [0.05, 0.1) is 21.9 Å². The number of sulfonamides is 1. The molecule has 0 aliphatic heterocycles. The number of Topliss-reactive ketones (excluding diaryl/α,β-unsaturated/α-hetero) is 1. The number of fused-ring (bicyclic) bond motifs is 1. The molecule has 0 spiro atoms. The summed E-state index contributed by atoms with van der Waals surface area (Å²) >= 11 is 0. The van der Waals surface area contributed by atoms with Gasteiger partial charge in [-0.1, -0.05) is 48.5 Å². The molecule has 0 amide bonds. The Morgan fingerprint density at radius 1 is 1.07 bits per heavy atom. The summed E-state index contributed by atoms with van der Waals surface area (Å²) in [6.45, 7) is 9.36. The number of hydrogen-bond acceptors (Lipinski definition) is 7. The third kappa shape index (κ3) is 5.78. The SMILES string of the molecule is CCCc1nc2c(n1Cc1ccc(-c3ccccc3S(=O)(=O)Nc3onc(C)c3C)c(C(C)(C)O)c1)C(=O)CCCC2. The van der Waals surface area contributed by atoms with Crippen molar-refractivity contribution in [3.05, 3.63) is 82.1 Å². The van der Waals surface area contributed by atoms with Crippen molar-refractivity contribution < 1.29 is 22.8 Å². The first-order valence-corrected chi connectivity index (χ1v) is 15.9. The Kier molecular flexibility index (Phi) is 8.13. The molecule has 5 rings (SSSR count). The summed E-state index contributed by atoms with van der Waals surface area (Å²) in [5.41, 5.74) is 3.99. The third-order valence-corrected chi connectivity index (χ3v) is 9.25. The number of carbonyl (C=O) groups is 1. The van der Waals surface area contributed by atoms with E-state index in [0.717, 1.165) is 49.2 Å². The van der Waals surface area contributed by atoms with Crippen molar-refractivity contribution in [1.29, 1.82) is 0 Å². The number of imidazole rings is 1. The molecule has 9 nitrogen and oxygen atoms in total. The lowest BCUT2D eigenvalue weighted by Crippen LogP contribution is -2.19. The summed E-state index contributed by atoms with van der Waals surface area (Å²) in [4.78, 5) is 18.0. The molecule has 2 N–H and O–H groups in total. The number of aryl methyl sites for hydroxylation is 3. The second kappa shape index (κ2) is 11.5. The maximum atomic E-state index is 13.6. The summed E-state index contributed by atoms with van der Waals surface area (Å²) < 4.78 is 37.0. The van der Waals surface area contributed by atoms with Crippen LogP contribution in [-0.2, 0) is 35.0 Å². The van der Waals surface area contributed by atoms with Crippen molar-refractivity contribution in [3.63, 3.8) is 0 Å². The van der Waals surface area contributed by atoms with Gasteiger partial charge >= 0.3 is 0 Å². The van der Waals surface area contributed by atoms with E-state index in [1.54, 1.807) is 45.9 Å². The predicted molar refractivity (Wildman–Crippen MR) is 161 cm³/mol. The second-order valence-electron chi connectivity index (χ2n) is 11.6. The van der Waals surface area contributed by atoms with Crippen molar-refractivity contribution in [2.75, 3.05) is 4.72 Å². The van der Waals surface area contributed by atoms with Crippen molar-refractivity contribution >= 4 is 21.7 Å². The van der Waals surface area contributed by atoms with E-state index in [2.05, 4.69) is 16.8 Å². The fourth-order valence-electron chi connectivity index (χ4n) is 5.55. The number of rotatable bonds is 9. The highest BCUT2D eigenvalue weighted by atomic mass is 32.2. The van der Waals surface area contributed by atoms with Gasteiger partial charge in [-0.25, -0.2) is 18.1 Å². The number of hydrogen-bond donors (Lipinski definition) is 2. The highest BCUT2D eigenvalue weighted by molar-refractivity contribution is 7.92. The largest absolute Gasteiger partial charge is 0.386 e. The fourth-order valence-corrected chi connectivity index (χ4v) is 6.81. The molecule has 0 radical (unpaired) electrons. The Bertz CT molecular complexity index is 1740. The summed E-state index contributed by atoms with van der Waals surface area (Å²) in [6, 6.07) is 12.4. The molecule has 222 valence electrons. The minimum atomic E-state index is -4.06. The van der Waals surface area contributed by atoms with Crippen LogP contribution in [0.15, 0.2) is 51.9 Å². The quantitative estimate of drug-likeness (QED) is 0.226. The van der Waals surface area contributed by atoms with Crippen LogP contribution in [-0.4, -0.2) is 34.0 Å². The van der Waals surface area contributed by atoms with Gasteiger partial charge in [0.15, 0.2) is 5.78 Å². The molecule has 0 atom stereocenters. The van der Waals surface area contributed by atoms with Crippen LogP contribution < -0.4 is 4.72 Å². The van der Waals surface area contributed by atoms with Gasteiger partial charge in [0, 0.05) is 30.5 Å². The van der Waals surface area contributed by atoms with E-state index < -0.39 is 15.6 Å². The molecule has 2 heterocycles. The van der Waals surface area contributed by atoms with Crippen molar-refractivity contribution in [2.24, 2.45) is 0 Å². The van der Waals surface area contributed by atoms with E-state index in [-0.39, 0.29) is 16.6 Å². The summed E-state index contributed by atoms with van der Waals surface area (Å²) in [5, 5.41) is 15.2. The molecule has 42 heavy (non-hydrogen) atoms. The van der Waals surface area contributed by atoms with Gasteiger partial charge in [0.2, 0.25) is 5.88 Å². The minimum absolute atomic E-state index is 0.0486. The van der Waals surface area contributed by atoms with Gasteiger partial charge in [0.25, 0.3) is 10.0 Å². The van der Waals surface area contributed by atoms with E-state index in [4.69, 9.17) is 9.51 Å². The number of carbonyl (C=O) groups excluding carboxylic acids is 1. The van der Waals surface area contributed by atoms with E-state index in [0.29, 0.717) is 46.6 Å². The standard InChI is InChI=1S/C32H38N4O5S/c1-6-11-29-33-26-13-8-9-14-27(37)30(26)36(29)19-22-16-17-23(25(18-22)32(4,5)38)24-12-7-10-15-28(24)42(39,40)35-31-20(2)21(3)34-41-31/h7,10,12,15-18,35,38H,6,8-9,11,13-14,19H2,1-5H3. The van der Waals surface area contributed by atoms with Crippen LogP contribution in [0.5, 0.6) is 0 Å². The number of nitrogens with zero attached hydrogens (tertiary/aromatic N) is 3. The van der Waals surface area contributed by atoms with E-state index in [9.17, 15) is 18.3 Å². The number of aliphatic hydroxyl groups is 1. The van der Waals surface area contributed by atoms with Crippen LogP contribution in [0.1, 0.15) is 90.8 Å². The maximum absolute atomic E-state index is 13.6. The topological polar surface area (TPSA) is 127 Å². The molecule has 0 unspecified atom stereocenters. The fraction of sp³-hybridized carbons (Fsp3) is 0.406. The molecular weight excluding hydrogens is 552 g/mol. The van der Waals surface area contributed by atoms with E-state index in [1.807, 2.05) is 22.8 Å².